The number of halogens is 1. The number of benzene rings is 2. The van der Waals surface area contributed by atoms with Gasteiger partial charge in [-0.3, -0.25) is 5.43 Å². The highest BCUT2D eigenvalue weighted by Gasteiger charge is 2.09. The van der Waals surface area contributed by atoms with E-state index in [-0.39, 0.29) is 0 Å². The first-order valence-electron chi connectivity index (χ1n) is 7.21. The predicted octanol–water partition coefficient (Wildman–Crippen LogP) is 4.13. The van der Waals surface area contributed by atoms with Crippen molar-refractivity contribution in [3.8, 4) is 5.88 Å². The summed E-state index contributed by atoms with van der Waals surface area (Å²) in [6.07, 6.45) is 1.63. The molecule has 0 unspecified atom stereocenters. The van der Waals surface area contributed by atoms with Crippen molar-refractivity contribution in [2.45, 2.75) is 6.92 Å². The number of aromatic nitrogens is 2. The molecule has 0 fully saturated rings. The molecule has 1 heterocycles. The first kappa shape index (κ1) is 15.2. The molecular formula is C17H15ClN4O. The van der Waals surface area contributed by atoms with E-state index in [2.05, 4.69) is 20.5 Å². The minimum Gasteiger partial charge on any atom is -0.475 e. The Labute approximate surface area is 139 Å². The van der Waals surface area contributed by atoms with Gasteiger partial charge < -0.3 is 4.74 Å². The summed E-state index contributed by atoms with van der Waals surface area (Å²) < 4.78 is 5.54. The summed E-state index contributed by atoms with van der Waals surface area (Å²) in [7, 11) is 0. The normalized spacial score (nSPS) is 11.0. The lowest BCUT2D eigenvalue weighted by Crippen LogP contribution is -2.03. The minimum atomic E-state index is 0.419. The summed E-state index contributed by atoms with van der Waals surface area (Å²) in [6.45, 7) is 2.39. The Hall–Kier alpha value is -2.66. The largest absolute Gasteiger partial charge is 0.475 e. The van der Waals surface area contributed by atoms with Crippen LogP contribution in [-0.2, 0) is 0 Å². The van der Waals surface area contributed by atoms with Crippen LogP contribution in [0.2, 0.25) is 5.02 Å². The van der Waals surface area contributed by atoms with Crippen LogP contribution in [0.25, 0.3) is 11.0 Å². The number of hydrogen-bond acceptors (Lipinski definition) is 5. The fourth-order valence-electron chi connectivity index (χ4n) is 2.04. The maximum absolute atomic E-state index is 6.09. The van der Waals surface area contributed by atoms with Crippen molar-refractivity contribution in [2.75, 3.05) is 12.0 Å². The zero-order valence-corrected chi connectivity index (χ0v) is 13.3. The third-order valence-electron chi connectivity index (χ3n) is 3.10. The van der Waals surface area contributed by atoms with Gasteiger partial charge in [0, 0.05) is 10.6 Å². The van der Waals surface area contributed by atoms with E-state index in [1.807, 2.05) is 55.5 Å². The molecule has 2 aromatic carbocycles. The van der Waals surface area contributed by atoms with Crippen LogP contribution >= 0.6 is 11.6 Å². The Morgan fingerprint density at radius 3 is 2.52 bits per heavy atom. The average molecular weight is 327 g/mol. The van der Waals surface area contributed by atoms with Crippen LogP contribution in [0.4, 0.5) is 5.82 Å². The van der Waals surface area contributed by atoms with Gasteiger partial charge in [-0.05, 0) is 25.1 Å². The molecule has 1 N–H and O–H groups in total. The smallest absolute Gasteiger partial charge is 0.259 e. The van der Waals surface area contributed by atoms with Crippen LogP contribution in [0.5, 0.6) is 5.88 Å². The molecule has 23 heavy (non-hydrogen) atoms. The summed E-state index contributed by atoms with van der Waals surface area (Å²) in [6, 6.07) is 15.1. The highest BCUT2D eigenvalue weighted by molar-refractivity contribution is 6.33. The standard InChI is InChI=1S/C17H15ClN4O/c1-2-23-17-16(20-14-9-5-6-10-15(14)21-17)22-19-11-12-7-3-4-8-13(12)18/h3-11H,2H2,1H3,(H,20,22)/b19-11-. The number of hydrogen-bond donors (Lipinski definition) is 1. The zero-order valence-electron chi connectivity index (χ0n) is 12.5. The van der Waals surface area contributed by atoms with Gasteiger partial charge in [-0.2, -0.15) is 5.10 Å². The van der Waals surface area contributed by atoms with Crippen molar-refractivity contribution < 1.29 is 4.74 Å². The molecule has 6 heteroatoms. The van der Waals surface area contributed by atoms with Gasteiger partial charge in [-0.1, -0.05) is 41.9 Å². The van der Waals surface area contributed by atoms with Crippen LogP contribution in [0.3, 0.4) is 0 Å². The molecule has 0 bridgehead atoms. The molecule has 0 aliphatic rings. The van der Waals surface area contributed by atoms with Crippen molar-refractivity contribution in [1.29, 1.82) is 0 Å². The van der Waals surface area contributed by atoms with Gasteiger partial charge in [0.05, 0.1) is 23.9 Å². The van der Waals surface area contributed by atoms with Gasteiger partial charge in [0.15, 0.2) is 0 Å². The van der Waals surface area contributed by atoms with E-state index in [1.165, 1.54) is 0 Å². The predicted molar refractivity (Wildman–Crippen MR) is 93.4 cm³/mol. The number of anilines is 1. The highest BCUT2D eigenvalue weighted by atomic mass is 35.5. The first-order chi connectivity index (χ1) is 11.3. The molecule has 116 valence electrons. The molecule has 3 rings (SSSR count). The molecule has 0 saturated heterocycles. The lowest BCUT2D eigenvalue weighted by atomic mass is 10.2. The number of hydrazone groups is 1. The second-order valence-corrected chi connectivity index (χ2v) is 5.10. The van der Waals surface area contributed by atoms with Gasteiger partial charge in [0.2, 0.25) is 5.82 Å². The molecule has 0 saturated carbocycles. The van der Waals surface area contributed by atoms with Crippen LogP contribution in [-0.4, -0.2) is 22.8 Å². The maximum atomic E-state index is 6.09. The lowest BCUT2D eigenvalue weighted by Gasteiger charge is -2.08. The second-order valence-electron chi connectivity index (χ2n) is 4.69. The molecule has 0 aliphatic carbocycles. The van der Waals surface area contributed by atoms with Crippen LogP contribution in [0.15, 0.2) is 53.6 Å². The van der Waals surface area contributed by atoms with Crippen LogP contribution in [0.1, 0.15) is 12.5 Å². The Morgan fingerprint density at radius 2 is 1.78 bits per heavy atom. The van der Waals surface area contributed by atoms with Crippen molar-refractivity contribution >= 4 is 34.7 Å². The third kappa shape index (κ3) is 3.57. The van der Waals surface area contributed by atoms with Gasteiger partial charge in [-0.15, -0.1) is 0 Å². The molecule has 0 radical (unpaired) electrons. The van der Waals surface area contributed by atoms with Gasteiger partial charge in [-0.25, -0.2) is 9.97 Å². The van der Waals surface area contributed by atoms with Gasteiger partial charge in [0.25, 0.3) is 5.88 Å². The molecule has 0 spiro atoms. The third-order valence-corrected chi connectivity index (χ3v) is 3.44. The number of fused-ring (bicyclic) bond motifs is 1. The number of ether oxygens (including phenoxy) is 1. The molecular weight excluding hydrogens is 312 g/mol. The van der Waals surface area contributed by atoms with Gasteiger partial charge >= 0.3 is 0 Å². The Kier molecular flexibility index (Phi) is 4.68. The van der Waals surface area contributed by atoms with E-state index in [4.69, 9.17) is 16.3 Å². The van der Waals surface area contributed by atoms with Crippen LogP contribution in [0, 0.1) is 0 Å². The second kappa shape index (κ2) is 7.07. The topological polar surface area (TPSA) is 59.4 Å². The van der Waals surface area contributed by atoms with E-state index in [0.29, 0.717) is 23.3 Å². The Balaban J connectivity index is 1.89. The van der Waals surface area contributed by atoms with E-state index < -0.39 is 0 Å². The van der Waals surface area contributed by atoms with Crippen molar-refractivity contribution in [3.63, 3.8) is 0 Å². The molecule has 5 nitrogen and oxygen atoms in total. The Bertz CT molecular complexity index is 851. The van der Waals surface area contributed by atoms with Crippen LogP contribution < -0.4 is 10.2 Å². The number of rotatable bonds is 5. The molecule has 0 aliphatic heterocycles. The number of nitrogens with one attached hydrogen (secondary N) is 1. The SMILES string of the molecule is CCOc1nc2ccccc2nc1N/N=C\c1ccccc1Cl. The number of para-hydroxylation sites is 2. The summed E-state index contributed by atoms with van der Waals surface area (Å²) in [4.78, 5) is 8.96. The van der Waals surface area contributed by atoms with Gasteiger partial charge in [0.1, 0.15) is 0 Å². The summed E-state index contributed by atoms with van der Waals surface area (Å²) >= 11 is 6.09. The quantitative estimate of drug-likeness (QED) is 0.566. The van der Waals surface area contributed by atoms with E-state index in [0.717, 1.165) is 16.6 Å². The fourth-order valence-corrected chi connectivity index (χ4v) is 2.22. The van der Waals surface area contributed by atoms with E-state index in [9.17, 15) is 0 Å². The lowest BCUT2D eigenvalue weighted by molar-refractivity contribution is 0.328. The summed E-state index contributed by atoms with van der Waals surface area (Å²) in [5.41, 5.74) is 5.24. The first-order valence-corrected chi connectivity index (χ1v) is 7.59. The van der Waals surface area contributed by atoms with Crippen molar-refractivity contribution in [3.05, 3.63) is 59.1 Å². The van der Waals surface area contributed by atoms with E-state index in [1.54, 1.807) is 6.21 Å². The fraction of sp³-hybridized carbons (Fsp3) is 0.118. The Morgan fingerprint density at radius 1 is 1.09 bits per heavy atom. The highest BCUT2D eigenvalue weighted by Crippen LogP contribution is 2.23. The zero-order chi connectivity index (χ0) is 16.1. The molecule has 3 aromatic rings. The molecule has 1 aromatic heterocycles. The van der Waals surface area contributed by atoms with E-state index >= 15 is 0 Å². The maximum Gasteiger partial charge on any atom is 0.259 e. The van der Waals surface area contributed by atoms with Crippen molar-refractivity contribution in [2.24, 2.45) is 5.10 Å². The average Bonchev–Trinajstić information content (AvgIpc) is 2.57. The molecule has 0 amide bonds. The monoisotopic (exact) mass is 326 g/mol. The molecule has 0 atom stereocenters. The summed E-state index contributed by atoms with van der Waals surface area (Å²) in [5.74, 6) is 0.886. The number of nitrogens with zero attached hydrogens (tertiary/aromatic N) is 3. The summed E-state index contributed by atoms with van der Waals surface area (Å²) in [5, 5.41) is 4.81. The van der Waals surface area contributed by atoms with Crippen molar-refractivity contribution in [1.82, 2.24) is 9.97 Å². The minimum absolute atomic E-state index is 0.419.